The minimum absolute atomic E-state index is 0.168. The van der Waals surface area contributed by atoms with Gasteiger partial charge in [0.2, 0.25) is 0 Å². The summed E-state index contributed by atoms with van der Waals surface area (Å²) in [7, 11) is 0. The molecule has 0 radical (unpaired) electrons. The Kier molecular flexibility index (Phi) is 4.71. The average molecular weight is 253 g/mol. The van der Waals surface area contributed by atoms with E-state index in [1.165, 1.54) is 12.1 Å². The maximum Gasteiger partial charge on any atom is 0.411 e. The average Bonchev–Trinajstić information content (AvgIpc) is 2.24. The fourth-order valence-corrected chi connectivity index (χ4v) is 1.05. The molecule has 0 amide bonds. The molecule has 1 rings (SSSR count). The molecule has 0 bridgehead atoms. The standard InChI is InChI=1S/C10H11F4NO2/c11-8-3-7(4-15)1-2-9(8)17-6-16-5-10(12,13)14/h1-3H,4-6,15H2. The molecule has 0 saturated heterocycles. The molecule has 0 spiro atoms. The Morgan fingerprint density at radius 1 is 1.24 bits per heavy atom. The third-order valence-corrected chi connectivity index (χ3v) is 1.80. The van der Waals surface area contributed by atoms with Gasteiger partial charge in [0.1, 0.15) is 6.61 Å². The van der Waals surface area contributed by atoms with Gasteiger partial charge < -0.3 is 15.2 Å². The second kappa shape index (κ2) is 5.83. The zero-order valence-corrected chi connectivity index (χ0v) is 8.76. The van der Waals surface area contributed by atoms with Crippen molar-refractivity contribution in [3.63, 3.8) is 0 Å². The van der Waals surface area contributed by atoms with E-state index in [9.17, 15) is 17.6 Å². The molecule has 0 saturated carbocycles. The van der Waals surface area contributed by atoms with Crippen molar-refractivity contribution in [1.82, 2.24) is 0 Å². The predicted molar refractivity (Wildman–Crippen MR) is 51.8 cm³/mol. The maximum absolute atomic E-state index is 13.2. The van der Waals surface area contributed by atoms with Crippen molar-refractivity contribution in [2.24, 2.45) is 5.73 Å². The van der Waals surface area contributed by atoms with Gasteiger partial charge in [0.05, 0.1) is 0 Å². The molecule has 2 N–H and O–H groups in total. The Bertz CT molecular complexity index is 368. The summed E-state index contributed by atoms with van der Waals surface area (Å²) in [5, 5.41) is 0. The number of nitrogens with two attached hydrogens (primary N) is 1. The van der Waals surface area contributed by atoms with Crippen LogP contribution in [0.15, 0.2) is 18.2 Å². The van der Waals surface area contributed by atoms with Gasteiger partial charge in [-0.3, -0.25) is 0 Å². The highest BCUT2D eigenvalue weighted by atomic mass is 19.4. The summed E-state index contributed by atoms with van der Waals surface area (Å²) in [5.41, 5.74) is 5.84. The summed E-state index contributed by atoms with van der Waals surface area (Å²) in [6.07, 6.45) is -4.43. The van der Waals surface area contributed by atoms with Crippen molar-refractivity contribution in [3.05, 3.63) is 29.6 Å². The van der Waals surface area contributed by atoms with Crippen LogP contribution in [0, 0.1) is 5.82 Å². The van der Waals surface area contributed by atoms with Crippen LogP contribution in [0.2, 0.25) is 0 Å². The van der Waals surface area contributed by atoms with Gasteiger partial charge in [0, 0.05) is 6.54 Å². The first-order valence-electron chi connectivity index (χ1n) is 4.68. The van der Waals surface area contributed by atoms with Gasteiger partial charge in [-0.25, -0.2) is 4.39 Å². The van der Waals surface area contributed by atoms with E-state index in [4.69, 9.17) is 10.5 Å². The summed E-state index contributed by atoms with van der Waals surface area (Å²) in [5.74, 6) is -0.868. The molecule has 0 aliphatic heterocycles. The second-order valence-electron chi connectivity index (χ2n) is 3.19. The fraction of sp³-hybridized carbons (Fsp3) is 0.400. The van der Waals surface area contributed by atoms with Gasteiger partial charge in [-0.05, 0) is 17.7 Å². The van der Waals surface area contributed by atoms with Crippen LogP contribution in [-0.2, 0) is 11.3 Å². The van der Waals surface area contributed by atoms with Gasteiger partial charge in [0.15, 0.2) is 18.4 Å². The van der Waals surface area contributed by atoms with E-state index in [1.54, 1.807) is 0 Å². The highest BCUT2D eigenvalue weighted by molar-refractivity contribution is 5.29. The molecule has 0 aliphatic rings. The number of benzene rings is 1. The molecule has 17 heavy (non-hydrogen) atoms. The van der Waals surface area contributed by atoms with E-state index >= 15 is 0 Å². The molecule has 0 unspecified atom stereocenters. The lowest BCUT2D eigenvalue weighted by atomic mass is 10.2. The lowest BCUT2D eigenvalue weighted by Gasteiger charge is -2.10. The monoisotopic (exact) mass is 253 g/mol. The van der Waals surface area contributed by atoms with Crippen molar-refractivity contribution in [1.29, 1.82) is 0 Å². The summed E-state index contributed by atoms with van der Waals surface area (Å²) in [6, 6.07) is 3.95. The van der Waals surface area contributed by atoms with Crippen LogP contribution >= 0.6 is 0 Å². The van der Waals surface area contributed by atoms with Gasteiger partial charge in [-0.1, -0.05) is 6.07 Å². The Hall–Kier alpha value is -1.34. The molecule has 0 fully saturated rings. The first-order valence-corrected chi connectivity index (χ1v) is 4.68. The molecule has 7 heteroatoms. The quantitative estimate of drug-likeness (QED) is 0.497. The molecule has 96 valence electrons. The first-order chi connectivity index (χ1) is 7.92. The smallest absolute Gasteiger partial charge is 0.411 e. The van der Waals surface area contributed by atoms with E-state index in [1.807, 2.05) is 0 Å². The van der Waals surface area contributed by atoms with Gasteiger partial charge >= 0.3 is 6.18 Å². The Balaban J connectivity index is 2.42. The summed E-state index contributed by atoms with van der Waals surface area (Å²) >= 11 is 0. The Morgan fingerprint density at radius 2 is 1.94 bits per heavy atom. The van der Waals surface area contributed by atoms with Crippen LogP contribution in [0.25, 0.3) is 0 Å². The predicted octanol–water partition coefficient (Wildman–Crippen LogP) is 2.20. The van der Waals surface area contributed by atoms with E-state index in [0.717, 1.165) is 6.07 Å². The van der Waals surface area contributed by atoms with Crippen LogP contribution in [0.1, 0.15) is 5.56 Å². The molecule has 1 aromatic rings. The lowest BCUT2D eigenvalue weighted by molar-refractivity contribution is -0.187. The zero-order valence-electron chi connectivity index (χ0n) is 8.76. The second-order valence-corrected chi connectivity index (χ2v) is 3.19. The van der Waals surface area contributed by atoms with E-state index in [-0.39, 0.29) is 12.3 Å². The molecule has 0 atom stereocenters. The van der Waals surface area contributed by atoms with Crippen molar-refractivity contribution in [3.8, 4) is 5.75 Å². The van der Waals surface area contributed by atoms with Crippen molar-refractivity contribution in [2.45, 2.75) is 12.7 Å². The van der Waals surface area contributed by atoms with E-state index < -0.39 is 25.4 Å². The molecule has 3 nitrogen and oxygen atoms in total. The summed E-state index contributed by atoms with van der Waals surface area (Å²) in [4.78, 5) is 0. The Labute approximate surface area is 95.1 Å². The number of hydrogen-bond acceptors (Lipinski definition) is 3. The van der Waals surface area contributed by atoms with Gasteiger partial charge in [0.25, 0.3) is 0 Å². The summed E-state index contributed by atoms with van der Waals surface area (Å²) in [6.45, 7) is -1.93. The van der Waals surface area contributed by atoms with Crippen LogP contribution in [0.5, 0.6) is 5.75 Å². The molecule has 0 heterocycles. The minimum atomic E-state index is -4.43. The highest BCUT2D eigenvalue weighted by Crippen LogP contribution is 2.19. The lowest BCUT2D eigenvalue weighted by Crippen LogP contribution is -2.19. The van der Waals surface area contributed by atoms with Crippen molar-refractivity contribution in [2.75, 3.05) is 13.4 Å². The van der Waals surface area contributed by atoms with Crippen molar-refractivity contribution >= 4 is 0 Å². The van der Waals surface area contributed by atoms with Crippen molar-refractivity contribution < 1.29 is 27.0 Å². The van der Waals surface area contributed by atoms with E-state index in [0.29, 0.717) is 5.56 Å². The maximum atomic E-state index is 13.2. The van der Waals surface area contributed by atoms with Gasteiger partial charge in [-0.15, -0.1) is 0 Å². The largest absolute Gasteiger partial charge is 0.464 e. The number of hydrogen-bond donors (Lipinski definition) is 1. The zero-order chi connectivity index (χ0) is 12.9. The third-order valence-electron chi connectivity index (χ3n) is 1.80. The minimum Gasteiger partial charge on any atom is -0.464 e. The highest BCUT2D eigenvalue weighted by Gasteiger charge is 2.27. The molecule has 0 aromatic heterocycles. The third kappa shape index (κ3) is 5.01. The number of rotatable bonds is 5. The van der Waals surface area contributed by atoms with Gasteiger partial charge in [-0.2, -0.15) is 13.2 Å². The molecular weight excluding hydrogens is 242 g/mol. The molecular formula is C10H11F4NO2. The molecule has 1 aromatic carbocycles. The van der Waals surface area contributed by atoms with Crippen LogP contribution in [0.4, 0.5) is 17.6 Å². The SMILES string of the molecule is NCc1ccc(OCOCC(F)(F)F)c(F)c1. The topological polar surface area (TPSA) is 44.5 Å². The van der Waals surface area contributed by atoms with Crippen LogP contribution in [0.3, 0.4) is 0 Å². The number of halogens is 4. The summed E-state index contributed by atoms with van der Waals surface area (Å²) < 4.78 is 57.2. The molecule has 0 aliphatic carbocycles. The van der Waals surface area contributed by atoms with E-state index in [2.05, 4.69) is 4.74 Å². The Morgan fingerprint density at radius 3 is 2.47 bits per heavy atom. The first kappa shape index (κ1) is 13.7. The fourth-order valence-electron chi connectivity index (χ4n) is 1.05. The van der Waals surface area contributed by atoms with Crippen LogP contribution < -0.4 is 10.5 Å². The van der Waals surface area contributed by atoms with Crippen LogP contribution in [-0.4, -0.2) is 19.6 Å². The number of ether oxygens (including phenoxy) is 2. The number of alkyl halides is 3. The normalized spacial score (nSPS) is 11.6.